The Kier molecular flexibility index (Phi) is 4.97. The molecule has 1 atom stereocenters. The van der Waals surface area contributed by atoms with E-state index in [1.54, 1.807) is 24.0 Å². The number of likely N-dealkylation sites (tertiary alicyclic amines) is 1. The van der Waals surface area contributed by atoms with E-state index in [9.17, 15) is 19.7 Å². The van der Waals surface area contributed by atoms with E-state index in [4.69, 9.17) is 0 Å². The summed E-state index contributed by atoms with van der Waals surface area (Å²) in [6.07, 6.45) is 0.109. The molecule has 1 saturated heterocycles. The first kappa shape index (κ1) is 17.6. The third-order valence-corrected chi connectivity index (χ3v) is 4.50. The van der Waals surface area contributed by atoms with E-state index >= 15 is 0 Å². The van der Waals surface area contributed by atoms with Gasteiger partial charge in [0, 0.05) is 25.6 Å². The van der Waals surface area contributed by atoms with Crippen molar-refractivity contribution >= 4 is 23.2 Å². The number of carbonyl (C=O) groups excluding carboxylic acids is 2. The Bertz CT molecular complexity index is 851. The SMILES string of the molecule is Cc1cccc([N+](=O)[O-])c1NC(=O)C1CC(=O)N(Cc2ccccc2)C1. The smallest absolute Gasteiger partial charge is 0.293 e. The molecule has 0 radical (unpaired) electrons. The molecule has 1 aliphatic rings. The number of rotatable bonds is 5. The number of hydrogen-bond acceptors (Lipinski definition) is 4. The predicted octanol–water partition coefficient (Wildman–Crippen LogP) is 2.89. The molecule has 3 rings (SSSR count). The maximum Gasteiger partial charge on any atom is 0.293 e. The molecule has 1 N–H and O–H groups in total. The Morgan fingerprint density at radius 1 is 1.23 bits per heavy atom. The number of anilines is 1. The van der Waals surface area contributed by atoms with Gasteiger partial charge in [-0.15, -0.1) is 0 Å². The van der Waals surface area contributed by atoms with Crippen molar-refractivity contribution in [1.82, 2.24) is 4.90 Å². The minimum absolute atomic E-state index is 0.0895. The zero-order chi connectivity index (χ0) is 18.7. The van der Waals surface area contributed by atoms with Crippen molar-refractivity contribution in [2.75, 3.05) is 11.9 Å². The first-order valence-electron chi connectivity index (χ1n) is 8.32. The fourth-order valence-corrected chi connectivity index (χ4v) is 3.10. The first-order valence-corrected chi connectivity index (χ1v) is 8.32. The Labute approximate surface area is 150 Å². The number of benzene rings is 2. The molecule has 1 unspecified atom stereocenters. The summed E-state index contributed by atoms with van der Waals surface area (Å²) in [6.45, 7) is 2.46. The molecular formula is C19H19N3O4. The molecule has 7 nitrogen and oxygen atoms in total. The highest BCUT2D eigenvalue weighted by molar-refractivity contribution is 5.99. The average Bonchev–Trinajstić information content (AvgIpc) is 2.98. The standard InChI is InChI=1S/C19H19N3O4/c1-13-6-5-9-16(22(25)26)18(13)20-19(24)15-10-17(23)21(12-15)11-14-7-3-2-4-8-14/h2-9,15H,10-12H2,1H3,(H,20,24). The van der Waals surface area contributed by atoms with E-state index in [-0.39, 0.29) is 29.6 Å². The van der Waals surface area contributed by atoms with E-state index in [0.717, 1.165) is 5.56 Å². The van der Waals surface area contributed by atoms with Crippen molar-refractivity contribution in [3.63, 3.8) is 0 Å². The Balaban J connectivity index is 1.70. The van der Waals surface area contributed by atoms with Gasteiger partial charge in [0.25, 0.3) is 5.69 Å². The van der Waals surface area contributed by atoms with Crippen molar-refractivity contribution in [3.8, 4) is 0 Å². The molecule has 134 valence electrons. The topological polar surface area (TPSA) is 92.5 Å². The van der Waals surface area contributed by atoms with Crippen molar-refractivity contribution in [3.05, 3.63) is 69.8 Å². The zero-order valence-electron chi connectivity index (χ0n) is 14.3. The van der Waals surface area contributed by atoms with Gasteiger partial charge in [-0.1, -0.05) is 42.5 Å². The molecule has 2 amide bonds. The highest BCUT2D eigenvalue weighted by Gasteiger charge is 2.35. The molecule has 0 saturated carbocycles. The molecule has 0 aliphatic carbocycles. The highest BCUT2D eigenvalue weighted by atomic mass is 16.6. The van der Waals surface area contributed by atoms with Crippen molar-refractivity contribution in [1.29, 1.82) is 0 Å². The van der Waals surface area contributed by atoms with Gasteiger partial charge in [0.1, 0.15) is 5.69 Å². The molecule has 1 heterocycles. The molecule has 1 fully saturated rings. The van der Waals surface area contributed by atoms with Crippen LogP contribution in [-0.4, -0.2) is 28.2 Å². The minimum Gasteiger partial charge on any atom is -0.338 e. The van der Waals surface area contributed by atoms with Crippen LogP contribution in [0, 0.1) is 23.0 Å². The Morgan fingerprint density at radius 3 is 2.65 bits per heavy atom. The number of nitro groups is 1. The number of aryl methyl sites for hydroxylation is 1. The van der Waals surface area contributed by atoms with Crippen LogP contribution in [0.5, 0.6) is 0 Å². The van der Waals surface area contributed by atoms with Gasteiger partial charge in [0.15, 0.2) is 0 Å². The summed E-state index contributed by atoms with van der Waals surface area (Å²) in [6, 6.07) is 14.2. The average molecular weight is 353 g/mol. The highest BCUT2D eigenvalue weighted by Crippen LogP contribution is 2.29. The summed E-state index contributed by atoms with van der Waals surface area (Å²) < 4.78 is 0. The van der Waals surface area contributed by atoms with Crippen LogP contribution in [0.15, 0.2) is 48.5 Å². The summed E-state index contributed by atoms with van der Waals surface area (Å²) in [4.78, 5) is 37.1. The molecule has 2 aromatic carbocycles. The first-order chi connectivity index (χ1) is 12.5. The van der Waals surface area contributed by atoms with E-state index in [1.165, 1.54) is 6.07 Å². The zero-order valence-corrected chi connectivity index (χ0v) is 14.3. The van der Waals surface area contributed by atoms with Crippen molar-refractivity contribution in [2.45, 2.75) is 19.9 Å². The predicted molar refractivity (Wildman–Crippen MR) is 96.4 cm³/mol. The lowest BCUT2D eigenvalue weighted by Gasteiger charge is -2.17. The van der Waals surface area contributed by atoms with E-state index in [0.29, 0.717) is 18.7 Å². The van der Waals surface area contributed by atoms with Crippen LogP contribution in [0.4, 0.5) is 11.4 Å². The van der Waals surface area contributed by atoms with E-state index in [1.807, 2.05) is 30.3 Å². The van der Waals surface area contributed by atoms with Gasteiger partial charge in [-0.2, -0.15) is 0 Å². The van der Waals surface area contributed by atoms with Crippen LogP contribution in [0.3, 0.4) is 0 Å². The number of nitrogens with zero attached hydrogens (tertiary/aromatic N) is 2. The minimum atomic E-state index is -0.524. The number of carbonyl (C=O) groups is 2. The summed E-state index contributed by atoms with van der Waals surface area (Å²) in [5.41, 5.74) is 1.65. The van der Waals surface area contributed by atoms with Gasteiger partial charge in [0.2, 0.25) is 11.8 Å². The van der Waals surface area contributed by atoms with Crippen LogP contribution >= 0.6 is 0 Å². The van der Waals surface area contributed by atoms with Crippen LogP contribution in [-0.2, 0) is 16.1 Å². The van der Waals surface area contributed by atoms with Crippen LogP contribution in [0.1, 0.15) is 17.5 Å². The normalized spacial score (nSPS) is 16.6. The van der Waals surface area contributed by atoms with Crippen LogP contribution in [0.25, 0.3) is 0 Å². The number of hydrogen-bond donors (Lipinski definition) is 1. The third-order valence-electron chi connectivity index (χ3n) is 4.50. The molecule has 26 heavy (non-hydrogen) atoms. The van der Waals surface area contributed by atoms with E-state index < -0.39 is 10.8 Å². The summed E-state index contributed by atoms with van der Waals surface area (Å²) >= 11 is 0. The lowest BCUT2D eigenvalue weighted by molar-refractivity contribution is -0.384. The molecule has 2 aromatic rings. The van der Waals surface area contributed by atoms with Gasteiger partial charge in [-0.05, 0) is 18.1 Å². The Hall–Kier alpha value is -3.22. The molecule has 0 spiro atoms. The van der Waals surface area contributed by atoms with Gasteiger partial charge >= 0.3 is 0 Å². The van der Waals surface area contributed by atoms with Crippen LogP contribution < -0.4 is 5.32 Å². The monoisotopic (exact) mass is 353 g/mol. The molecule has 0 aromatic heterocycles. The number of para-hydroxylation sites is 1. The molecule has 0 bridgehead atoms. The third kappa shape index (κ3) is 3.72. The lowest BCUT2D eigenvalue weighted by atomic mass is 10.1. The molecule has 7 heteroatoms. The molecular weight excluding hydrogens is 334 g/mol. The summed E-state index contributed by atoms with van der Waals surface area (Å²) in [5.74, 6) is -0.981. The van der Waals surface area contributed by atoms with Gasteiger partial charge in [-0.3, -0.25) is 19.7 Å². The maximum absolute atomic E-state index is 12.6. The molecule has 1 aliphatic heterocycles. The second kappa shape index (κ2) is 7.35. The van der Waals surface area contributed by atoms with Crippen molar-refractivity contribution in [2.24, 2.45) is 5.92 Å². The second-order valence-corrected chi connectivity index (χ2v) is 6.38. The van der Waals surface area contributed by atoms with Gasteiger partial charge < -0.3 is 10.2 Å². The maximum atomic E-state index is 12.6. The second-order valence-electron chi connectivity index (χ2n) is 6.38. The lowest BCUT2D eigenvalue weighted by Crippen LogP contribution is -2.28. The Morgan fingerprint density at radius 2 is 1.96 bits per heavy atom. The van der Waals surface area contributed by atoms with Gasteiger partial charge in [-0.25, -0.2) is 0 Å². The van der Waals surface area contributed by atoms with Crippen molar-refractivity contribution < 1.29 is 14.5 Å². The number of amides is 2. The number of nitro benzene ring substituents is 1. The quantitative estimate of drug-likeness (QED) is 0.661. The van der Waals surface area contributed by atoms with Crippen LogP contribution in [0.2, 0.25) is 0 Å². The fourth-order valence-electron chi connectivity index (χ4n) is 3.10. The van der Waals surface area contributed by atoms with Gasteiger partial charge in [0.05, 0.1) is 10.8 Å². The van der Waals surface area contributed by atoms with E-state index in [2.05, 4.69) is 5.32 Å². The fraction of sp³-hybridized carbons (Fsp3) is 0.263. The summed E-state index contributed by atoms with van der Waals surface area (Å²) in [7, 11) is 0. The summed E-state index contributed by atoms with van der Waals surface area (Å²) in [5, 5.41) is 13.8. The number of nitrogens with one attached hydrogen (secondary N) is 1. The largest absolute Gasteiger partial charge is 0.338 e.